The largest absolute Gasteiger partial charge is 0.480 e. The quantitative estimate of drug-likeness (QED) is 0.593. The molecule has 0 aromatic heterocycles. The third-order valence-electron chi connectivity index (χ3n) is 2.86. The Balaban J connectivity index is 3.17. The van der Waals surface area contributed by atoms with Crippen LogP contribution in [0.1, 0.15) is 24.2 Å². The topological polar surface area (TPSA) is 80.4 Å². The molecule has 1 rings (SSSR count). The summed E-state index contributed by atoms with van der Waals surface area (Å²) in [5.74, 6) is -1.66. The van der Waals surface area contributed by atoms with Crippen LogP contribution in [0, 0.1) is 5.41 Å². The molecule has 0 saturated heterocycles. The Morgan fingerprint density at radius 1 is 1.31 bits per heavy atom. The Labute approximate surface area is 94.1 Å². The minimum Gasteiger partial charge on any atom is -0.480 e. The molecule has 0 aliphatic carbocycles. The van der Waals surface area contributed by atoms with Crippen molar-refractivity contribution in [2.45, 2.75) is 19.9 Å². The van der Waals surface area contributed by atoms with E-state index in [0.29, 0.717) is 5.56 Å². The Morgan fingerprint density at radius 2 is 1.81 bits per heavy atom. The second-order valence-electron chi connectivity index (χ2n) is 3.99. The van der Waals surface area contributed by atoms with Gasteiger partial charge in [-0.05, 0) is 13.8 Å². The lowest BCUT2D eigenvalue weighted by Gasteiger charge is -2.27. The van der Waals surface area contributed by atoms with E-state index in [2.05, 4.69) is 0 Å². The molecule has 0 saturated carbocycles. The van der Waals surface area contributed by atoms with Crippen molar-refractivity contribution in [2.24, 2.45) is 11.1 Å². The lowest BCUT2D eigenvalue weighted by atomic mass is 9.77. The van der Waals surface area contributed by atoms with Crippen molar-refractivity contribution in [1.82, 2.24) is 0 Å². The fraction of sp³-hybridized carbons (Fsp3) is 0.333. The Kier molecular flexibility index (Phi) is 3.44. The molecule has 2 unspecified atom stereocenters. The van der Waals surface area contributed by atoms with Gasteiger partial charge in [-0.3, -0.25) is 9.59 Å². The summed E-state index contributed by atoms with van der Waals surface area (Å²) in [6.45, 7) is 2.88. The van der Waals surface area contributed by atoms with Gasteiger partial charge in [0.15, 0.2) is 5.78 Å². The number of hydrogen-bond acceptors (Lipinski definition) is 3. The van der Waals surface area contributed by atoms with E-state index in [1.165, 1.54) is 13.8 Å². The number of carbonyl (C=O) groups is 2. The first-order valence-corrected chi connectivity index (χ1v) is 4.99. The number of ketones is 1. The summed E-state index contributed by atoms with van der Waals surface area (Å²) in [4.78, 5) is 23.3. The van der Waals surface area contributed by atoms with E-state index in [0.717, 1.165) is 0 Å². The van der Waals surface area contributed by atoms with Gasteiger partial charge in [-0.1, -0.05) is 30.3 Å². The number of hydrogen-bond donors (Lipinski definition) is 2. The lowest BCUT2D eigenvalue weighted by Crippen LogP contribution is -2.49. The van der Waals surface area contributed by atoms with Crippen LogP contribution >= 0.6 is 0 Å². The van der Waals surface area contributed by atoms with E-state index in [1.807, 2.05) is 0 Å². The average Bonchev–Trinajstić information content (AvgIpc) is 2.27. The number of rotatable bonds is 4. The highest BCUT2D eigenvalue weighted by molar-refractivity contribution is 6.12. The van der Waals surface area contributed by atoms with Gasteiger partial charge >= 0.3 is 5.97 Å². The molecule has 4 heteroatoms. The zero-order chi connectivity index (χ0) is 12.3. The predicted octanol–water partition coefficient (Wildman–Crippen LogP) is 1.31. The van der Waals surface area contributed by atoms with Gasteiger partial charge in [-0.2, -0.15) is 0 Å². The summed E-state index contributed by atoms with van der Waals surface area (Å²) >= 11 is 0. The van der Waals surface area contributed by atoms with Crippen molar-refractivity contribution in [2.75, 3.05) is 0 Å². The van der Waals surface area contributed by atoms with Gasteiger partial charge < -0.3 is 10.8 Å². The summed E-state index contributed by atoms with van der Waals surface area (Å²) < 4.78 is 0. The molecule has 0 fully saturated rings. The van der Waals surface area contributed by atoms with Crippen molar-refractivity contribution in [1.29, 1.82) is 0 Å². The van der Waals surface area contributed by atoms with Crippen LogP contribution in [0.25, 0.3) is 0 Å². The van der Waals surface area contributed by atoms with Gasteiger partial charge in [0.2, 0.25) is 0 Å². The summed E-state index contributed by atoms with van der Waals surface area (Å²) in [7, 11) is 0. The van der Waals surface area contributed by atoms with Crippen LogP contribution < -0.4 is 5.73 Å². The van der Waals surface area contributed by atoms with Gasteiger partial charge in [0, 0.05) is 11.6 Å². The predicted molar refractivity (Wildman–Crippen MR) is 60.2 cm³/mol. The standard InChI is InChI=1S/C12H15NO3/c1-8(13)12(2,11(15)16)10(14)9-6-4-3-5-7-9/h3-8H,13H2,1-2H3,(H,15,16). The lowest BCUT2D eigenvalue weighted by molar-refractivity contribution is -0.145. The maximum atomic E-state index is 12.1. The third kappa shape index (κ3) is 1.97. The molecule has 0 aliphatic rings. The highest BCUT2D eigenvalue weighted by Crippen LogP contribution is 2.26. The van der Waals surface area contributed by atoms with Crippen LogP contribution in [-0.2, 0) is 4.79 Å². The summed E-state index contributed by atoms with van der Waals surface area (Å²) in [6, 6.07) is 7.57. The summed E-state index contributed by atoms with van der Waals surface area (Å²) in [5, 5.41) is 9.13. The fourth-order valence-electron chi connectivity index (χ4n) is 1.39. The zero-order valence-electron chi connectivity index (χ0n) is 9.31. The fourth-order valence-corrected chi connectivity index (χ4v) is 1.39. The highest BCUT2D eigenvalue weighted by Gasteiger charge is 2.44. The molecule has 1 aromatic carbocycles. The molecule has 3 N–H and O–H groups in total. The molecule has 0 spiro atoms. The van der Waals surface area contributed by atoms with E-state index in [9.17, 15) is 9.59 Å². The van der Waals surface area contributed by atoms with Crippen molar-refractivity contribution in [3.05, 3.63) is 35.9 Å². The number of carbonyl (C=O) groups excluding carboxylic acids is 1. The van der Waals surface area contributed by atoms with Crippen molar-refractivity contribution in [3.8, 4) is 0 Å². The molecular weight excluding hydrogens is 206 g/mol. The first kappa shape index (κ1) is 12.4. The van der Waals surface area contributed by atoms with Gasteiger partial charge in [-0.25, -0.2) is 0 Å². The Morgan fingerprint density at radius 3 is 2.19 bits per heavy atom. The van der Waals surface area contributed by atoms with Crippen LogP contribution in [0.5, 0.6) is 0 Å². The number of carboxylic acid groups (broad SMARTS) is 1. The number of carboxylic acids is 1. The van der Waals surface area contributed by atoms with Gasteiger partial charge in [0.1, 0.15) is 5.41 Å². The monoisotopic (exact) mass is 221 g/mol. The zero-order valence-corrected chi connectivity index (χ0v) is 9.31. The summed E-state index contributed by atoms with van der Waals surface area (Å²) in [6.07, 6.45) is 0. The molecule has 0 heterocycles. The minimum absolute atomic E-state index is 0.365. The van der Waals surface area contributed by atoms with Crippen molar-refractivity contribution in [3.63, 3.8) is 0 Å². The Hall–Kier alpha value is -1.68. The third-order valence-corrected chi connectivity index (χ3v) is 2.86. The first-order chi connectivity index (χ1) is 7.40. The van der Waals surface area contributed by atoms with E-state index in [-0.39, 0.29) is 0 Å². The van der Waals surface area contributed by atoms with Gasteiger partial charge in [0.05, 0.1) is 0 Å². The van der Waals surface area contributed by atoms with Gasteiger partial charge in [-0.15, -0.1) is 0 Å². The molecule has 0 bridgehead atoms. The number of benzene rings is 1. The highest BCUT2D eigenvalue weighted by atomic mass is 16.4. The first-order valence-electron chi connectivity index (χ1n) is 4.99. The second kappa shape index (κ2) is 4.45. The van der Waals surface area contributed by atoms with E-state index >= 15 is 0 Å². The maximum absolute atomic E-state index is 12.1. The molecule has 0 aliphatic heterocycles. The molecule has 2 atom stereocenters. The minimum atomic E-state index is -1.58. The van der Waals surface area contributed by atoms with Crippen molar-refractivity contribution >= 4 is 11.8 Å². The number of Topliss-reactive ketones (excluding diaryl/α,β-unsaturated/α-hetero) is 1. The second-order valence-corrected chi connectivity index (χ2v) is 3.99. The van der Waals surface area contributed by atoms with Crippen LogP contribution in [0.3, 0.4) is 0 Å². The normalized spacial score (nSPS) is 16.2. The molecule has 1 aromatic rings. The van der Waals surface area contributed by atoms with E-state index in [1.54, 1.807) is 30.3 Å². The van der Waals surface area contributed by atoms with E-state index in [4.69, 9.17) is 10.8 Å². The van der Waals surface area contributed by atoms with Crippen LogP contribution in [0.2, 0.25) is 0 Å². The number of aliphatic carboxylic acids is 1. The van der Waals surface area contributed by atoms with E-state index < -0.39 is 23.2 Å². The summed E-state index contributed by atoms with van der Waals surface area (Å²) in [5.41, 5.74) is 4.39. The molecule has 0 radical (unpaired) electrons. The van der Waals surface area contributed by atoms with Crippen LogP contribution in [0.4, 0.5) is 0 Å². The smallest absolute Gasteiger partial charge is 0.318 e. The molecule has 4 nitrogen and oxygen atoms in total. The van der Waals surface area contributed by atoms with Crippen molar-refractivity contribution < 1.29 is 14.7 Å². The molecular formula is C12H15NO3. The van der Waals surface area contributed by atoms with Crippen LogP contribution in [-0.4, -0.2) is 22.9 Å². The Bertz CT molecular complexity index is 400. The van der Waals surface area contributed by atoms with Gasteiger partial charge in [0.25, 0.3) is 0 Å². The SMILES string of the molecule is CC(N)C(C)(C(=O)O)C(=O)c1ccccc1. The number of nitrogens with two attached hydrogens (primary N) is 1. The molecule has 86 valence electrons. The van der Waals surface area contributed by atoms with Crippen LogP contribution in [0.15, 0.2) is 30.3 Å². The average molecular weight is 221 g/mol. The molecule has 16 heavy (non-hydrogen) atoms. The maximum Gasteiger partial charge on any atom is 0.318 e. The molecule has 0 amide bonds.